The molecule has 1 amide bonds. The van der Waals surface area contributed by atoms with Crippen molar-refractivity contribution in [1.29, 1.82) is 0 Å². The van der Waals surface area contributed by atoms with Crippen molar-refractivity contribution in [1.82, 2.24) is 14.5 Å². The highest BCUT2D eigenvalue weighted by Gasteiger charge is 2.41. The van der Waals surface area contributed by atoms with Crippen LogP contribution in [0.1, 0.15) is 39.5 Å². The molecule has 10 nitrogen and oxygen atoms in total. The fraction of sp³-hybridized carbons (Fsp3) is 0.273. The predicted octanol–water partition coefficient (Wildman–Crippen LogP) is 4.50. The first-order valence-electron chi connectivity index (χ1n) is 14.6. The van der Waals surface area contributed by atoms with Crippen LogP contribution in [0.15, 0.2) is 70.4 Å². The van der Waals surface area contributed by atoms with Crippen molar-refractivity contribution in [2.24, 2.45) is 14.1 Å². The summed E-state index contributed by atoms with van der Waals surface area (Å²) in [6, 6.07) is 6.73. The molecule has 0 saturated carbocycles. The molecule has 1 aliphatic rings. The average Bonchev–Trinajstić information content (AvgIpc) is 3.03. The standard InChI is InChI=1S/C33H29F5N4O6/c1-41-16-22(30(44)42(2)32(41)47)21-11-10-18(20-9-6-12-48-27(20)21)13-25(31(45)46)40-29(43)26-23(34)14-19(15-24(26)35)39-28(33(36,37)38)17-7-4-3-5-8-17/h3-5,7-8,10-11,14-16,25,28,39H,6,9,12-13H2,1-2H3,(H,40,43)(H,45,46)/t25?,28-/m1/s1. The van der Waals surface area contributed by atoms with E-state index < -0.39 is 64.3 Å². The van der Waals surface area contributed by atoms with E-state index in [0.717, 1.165) is 4.57 Å². The highest BCUT2D eigenvalue weighted by molar-refractivity contribution is 5.97. The summed E-state index contributed by atoms with van der Waals surface area (Å²) in [5.41, 5.74) is -1.58. The van der Waals surface area contributed by atoms with Crippen molar-refractivity contribution in [3.63, 3.8) is 0 Å². The topological polar surface area (TPSA) is 132 Å². The highest BCUT2D eigenvalue weighted by atomic mass is 19.4. The predicted molar refractivity (Wildman–Crippen MR) is 164 cm³/mol. The van der Waals surface area contributed by atoms with Crippen LogP contribution in [0.5, 0.6) is 5.75 Å². The van der Waals surface area contributed by atoms with Crippen molar-refractivity contribution < 1.29 is 41.4 Å². The largest absolute Gasteiger partial charge is 0.493 e. The van der Waals surface area contributed by atoms with Gasteiger partial charge in [0.1, 0.15) is 35.0 Å². The number of benzene rings is 3. The van der Waals surface area contributed by atoms with Crippen LogP contribution in [0, 0.1) is 11.6 Å². The number of carbonyl (C=O) groups excluding carboxylic acids is 1. The fourth-order valence-corrected chi connectivity index (χ4v) is 5.62. The summed E-state index contributed by atoms with van der Waals surface area (Å²) >= 11 is 0. The van der Waals surface area contributed by atoms with Gasteiger partial charge in [0.05, 0.1) is 12.2 Å². The number of fused-ring (bicyclic) bond motifs is 1. The summed E-state index contributed by atoms with van der Waals surface area (Å²) in [5, 5.41) is 14.1. The number of nitrogens with zero attached hydrogens (tertiary/aromatic N) is 2. The monoisotopic (exact) mass is 672 g/mol. The smallest absolute Gasteiger partial charge is 0.412 e. The number of hydrogen-bond acceptors (Lipinski definition) is 6. The van der Waals surface area contributed by atoms with Crippen molar-refractivity contribution in [3.05, 3.63) is 116 Å². The van der Waals surface area contributed by atoms with Crippen molar-refractivity contribution in [2.75, 3.05) is 11.9 Å². The normalized spacial score (nSPS) is 14.0. The van der Waals surface area contributed by atoms with Crippen molar-refractivity contribution in [2.45, 2.75) is 37.5 Å². The molecule has 0 radical (unpaired) electrons. The summed E-state index contributed by atoms with van der Waals surface area (Å²) < 4.78 is 79.6. The Labute approximate surface area is 269 Å². The lowest BCUT2D eigenvalue weighted by Gasteiger charge is -2.25. The molecule has 0 bridgehead atoms. The molecular formula is C33H29F5N4O6. The number of aromatic nitrogens is 2. The van der Waals surface area contributed by atoms with Crippen LogP contribution in [0.2, 0.25) is 0 Å². The van der Waals surface area contributed by atoms with E-state index in [-0.39, 0.29) is 17.5 Å². The van der Waals surface area contributed by atoms with Gasteiger partial charge < -0.3 is 25.0 Å². The number of aryl methyl sites for hydroxylation is 1. The number of ether oxygens (including phenoxy) is 1. The molecule has 1 aromatic heterocycles. The van der Waals surface area contributed by atoms with Gasteiger partial charge in [-0.05, 0) is 41.7 Å². The van der Waals surface area contributed by atoms with Gasteiger partial charge in [-0.25, -0.2) is 18.4 Å². The molecule has 3 aromatic carbocycles. The van der Waals surface area contributed by atoms with Gasteiger partial charge in [0, 0.05) is 38.0 Å². The van der Waals surface area contributed by atoms with Gasteiger partial charge in [-0.15, -0.1) is 0 Å². The number of carbonyl (C=O) groups is 2. The van der Waals surface area contributed by atoms with Gasteiger partial charge in [-0.1, -0.05) is 42.5 Å². The fourth-order valence-electron chi connectivity index (χ4n) is 5.62. The second kappa shape index (κ2) is 13.3. The molecule has 252 valence electrons. The second-order valence-electron chi connectivity index (χ2n) is 11.2. The number of aliphatic carboxylic acids is 1. The van der Waals surface area contributed by atoms with Crippen LogP contribution in [0.25, 0.3) is 11.1 Å². The van der Waals surface area contributed by atoms with E-state index in [4.69, 9.17) is 4.74 Å². The molecule has 0 saturated heterocycles. The number of carboxylic acid groups (broad SMARTS) is 1. The van der Waals surface area contributed by atoms with Gasteiger partial charge in [0.25, 0.3) is 11.5 Å². The summed E-state index contributed by atoms with van der Waals surface area (Å²) in [6.45, 7) is 0.299. The Hall–Kier alpha value is -5.47. The molecule has 5 rings (SSSR count). The molecule has 1 unspecified atom stereocenters. The van der Waals surface area contributed by atoms with Crippen LogP contribution >= 0.6 is 0 Å². The zero-order valence-corrected chi connectivity index (χ0v) is 25.5. The molecular weight excluding hydrogens is 643 g/mol. The quantitative estimate of drug-likeness (QED) is 0.223. The third-order valence-corrected chi connectivity index (χ3v) is 7.98. The number of alkyl halides is 3. The maximum absolute atomic E-state index is 15.1. The lowest BCUT2D eigenvalue weighted by atomic mass is 9.91. The summed E-state index contributed by atoms with van der Waals surface area (Å²) in [4.78, 5) is 50.4. The molecule has 2 heterocycles. The number of hydrogen-bond donors (Lipinski definition) is 3. The van der Waals surface area contributed by atoms with Gasteiger partial charge >= 0.3 is 17.8 Å². The van der Waals surface area contributed by atoms with E-state index in [9.17, 15) is 37.5 Å². The molecule has 15 heteroatoms. The number of anilines is 1. The molecule has 0 fully saturated rings. The Bertz CT molecular complexity index is 1990. The number of halogens is 5. The highest BCUT2D eigenvalue weighted by Crippen LogP contribution is 2.38. The number of carboxylic acids is 1. The first kappa shape index (κ1) is 33.9. The Morgan fingerprint density at radius 3 is 2.29 bits per heavy atom. The third-order valence-electron chi connectivity index (χ3n) is 7.98. The Balaban J connectivity index is 1.41. The lowest BCUT2D eigenvalue weighted by Crippen LogP contribution is -2.43. The summed E-state index contributed by atoms with van der Waals surface area (Å²) in [6.07, 6.45) is -2.84. The zero-order chi connectivity index (χ0) is 34.9. The Kier molecular flexibility index (Phi) is 9.41. The summed E-state index contributed by atoms with van der Waals surface area (Å²) in [7, 11) is 2.81. The maximum Gasteiger partial charge on any atom is 0.412 e. The molecule has 48 heavy (non-hydrogen) atoms. The molecule has 2 atom stereocenters. The zero-order valence-electron chi connectivity index (χ0n) is 25.5. The van der Waals surface area contributed by atoms with Crippen molar-refractivity contribution >= 4 is 17.6 Å². The molecule has 3 N–H and O–H groups in total. The van der Waals surface area contributed by atoms with E-state index in [1.54, 1.807) is 6.07 Å². The van der Waals surface area contributed by atoms with E-state index >= 15 is 8.78 Å². The molecule has 0 spiro atoms. The number of amides is 1. The number of nitrogens with one attached hydrogen (secondary N) is 2. The van der Waals surface area contributed by atoms with Crippen LogP contribution in [-0.4, -0.2) is 44.9 Å². The number of rotatable bonds is 9. The SMILES string of the molecule is Cn1cc(-c2ccc(CC(NC(=O)c3c(F)cc(N[C@H](c4ccccc4)C(F)(F)F)cc3F)C(=O)O)c3c2OCCC3)c(=O)n(C)c1=O. The van der Waals surface area contributed by atoms with Gasteiger partial charge in [0.15, 0.2) is 0 Å². The Morgan fingerprint density at radius 2 is 1.67 bits per heavy atom. The van der Waals surface area contributed by atoms with Crippen LogP contribution in [-0.2, 0) is 31.7 Å². The van der Waals surface area contributed by atoms with E-state index in [2.05, 4.69) is 10.6 Å². The molecule has 4 aromatic rings. The summed E-state index contributed by atoms with van der Waals surface area (Å²) in [5.74, 6) is -5.68. The van der Waals surface area contributed by atoms with Gasteiger partial charge in [-0.3, -0.25) is 14.2 Å². The minimum absolute atomic E-state index is 0.168. The van der Waals surface area contributed by atoms with Crippen LogP contribution in [0.4, 0.5) is 27.6 Å². The van der Waals surface area contributed by atoms with E-state index in [0.29, 0.717) is 54.0 Å². The minimum atomic E-state index is -4.84. The Morgan fingerprint density at radius 1 is 1.00 bits per heavy atom. The minimum Gasteiger partial charge on any atom is -0.493 e. The van der Waals surface area contributed by atoms with Crippen LogP contribution < -0.4 is 26.6 Å². The van der Waals surface area contributed by atoms with Crippen LogP contribution in [0.3, 0.4) is 0 Å². The van der Waals surface area contributed by atoms with Gasteiger partial charge in [0.2, 0.25) is 0 Å². The first-order chi connectivity index (χ1) is 22.7. The maximum atomic E-state index is 15.1. The van der Waals surface area contributed by atoms with E-state index in [1.165, 1.54) is 61.3 Å². The van der Waals surface area contributed by atoms with E-state index in [1.807, 2.05) is 0 Å². The first-order valence-corrected chi connectivity index (χ1v) is 14.6. The third kappa shape index (κ3) is 6.80. The molecule has 1 aliphatic heterocycles. The molecule has 0 aliphatic carbocycles. The van der Waals surface area contributed by atoms with Crippen molar-refractivity contribution in [3.8, 4) is 16.9 Å². The second-order valence-corrected chi connectivity index (χ2v) is 11.2. The average molecular weight is 673 g/mol. The van der Waals surface area contributed by atoms with Gasteiger partial charge in [-0.2, -0.15) is 13.2 Å². The lowest BCUT2D eigenvalue weighted by molar-refractivity contribution is -0.144.